The molecule has 0 aromatic heterocycles. The zero-order chi connectivity index (χ0) is 10.1. The SMILES string of the molecule is O=C(O)[C@@H]1Cc2cc(O)ccc2CN1. The number of aliphatic carboxylic acids is 1. The molecule has 0 saturated carbocycles. The van der Waals surface area contributed by atoms with Gasteiger partial charge in [-0.2, -0.15) is 0 Å². The molecule has 4 heteroatoms. The third kappa shape index (κ3) is 1.56. The van der Waals surface area contributed by atoms with Gasteiger partial charge in [-0.3, -0.25) is 4.79 Å². The van der Waals surface area contributed by atoms with Crippen LogP contribution >= 0.6 is 0 Å². The molecule has 14 heavy (non-hydrogen) atoms. The number of rotatable bonds is 1. The van der Waals surface area contributed by atoms with Crippen LogP contribution in [0.25, 0.3) is 0 Å². The van der Waals surface area contributed by atoms with Crippen molar-refractivity contribution in [2.45, 2.75) is 19.0 Å². The number of benzene rings is 1. The highest BCUT2D eigenvalue weighted by Crippen LogP contribution is 2.21. The Morgan fingerprint density at radius 3 is 2.93 bits per heavy atom. The van der Waals surface area contributed by atoms with Crippen molar-refractivity contribution in [2.75, 3.05) is 0 Å². The molecule has 74 valence electrons. The number of phenols is 1. The number of hydrogen-bond donors (Lipinski definition) is 3. The minimum atomic E-state index is -0.848. The van der Waals surface area contributed by atoms with Gasteiger partial charge in [-0.1, -0.05) is 6.07 Å². The van der Waals surface area contributed by atoms with E-state index in [0.29, 0.717) is 13.0 Å². The largest absolute Gasteiger partial charge is 0.508 e. The van der Waals surface area contributed by atoms with Crippen LogP contribution in [0.5, 0.6) is 5.75 Å². The van der Waals surface area contributed by atoms with Crippen LogP contribution in [-0.2, 0) is 17.8 Å². The molecule has 0 amide bonds. The van der Waals surface area contributed by atoms with Crippen molar-refractivity contribution in [1.29, 1.82) is 0 Å². The van der Waals surface area contributed by atoms with Crippen molar-refractivity contribution >= 4 is 5.97 Å². The molecular weight excluding hydrogens is 182 g/mol. The average molecular weight is 193 g/mol. The van der Waals surface area contributed by atoms with Gasteiger partial charge in [0.1, 0.15) is 11.8 Å². The minimum absolute atomic E-state index is 0.190. The van der Waals surface area contributed by atoms with Crippen LogP contribution in [0.1, 0.15) is 11.1 Å². The number of carboxylic acid groups (broad SMARTS) is 1. The molecule has 0 radical (unpaired) electrons. The van der Waals surface area contributed by atoms with E-state index in [1.165, 1.54) is 0 Å². The summed E-state index contributed by atoms with van der Waals surface area (Å²) in [6, 6.07) is 4.52. The van der Waals surface area contributed by atoms with Gasteiger partial charge in [-0.15, -0.1) is 0 Å². The first-order valence-corrected chi connectivity index (χ1v) is 4.44. The fourth-order valence-corrected chi connectivity index (χ4v) is 1.67. The number of hydrogen-bond acceptors (Lipinski definition) is 3. The topological polar surface area (TPSA) is 69.6 Å². The summed E-state index contributed by atoms with van der Waals surface area (Å²) in [6.45, 7) is 0.548. The molecule has 1 atom stereocenters. The van der Waals surface area contributed by atoms with Gasteiger partial charge in [0.05, 0.1) is 0 Å². The van der Waals surface area contributed by atoms with E-state index in [2.05, 4.69) is 5.32 Å². The van der Waals surface area contributed by atoms with Crippen LogP contribution in [0.2, 0.25) is 0 Å². The Bertz CT molecular complexity index is 376. The van der Waals surface area contributed by atoms with Crippen LogP contribution in [0, 0.1) is 0 Å². The summed E-state index contributed by atoms with van der Waals surface area (Å²) in [5, 5.41) is 21.0. The van der Waals surface area contributed by atoms with Gasteiger partial charge in [-0.05, 0) is 29.7 Å². The summed E-state index contributed by atoms with van der Waals surface area (Å²) >= 11 is 0. The summed E-state index contributed by atoms with van der Waals surface area (Å²) in [5.74, 6) is -0.659. The highest BCUT2D eigenvalue weighted by molar-refractivity contribution is 5.74. The number of carboxylic acids is 1. The average Bonchev–Trinajstić information content (AvgIpc) is 2.16. The van der Waals surface area contributed by atoms with Crippen LogP contribution in [0.4, 0.5) is 0 Å². The van der Waals surface area contributed by atoms with E-state index in [9.17, 15) is 9.90 Å². The number of nitrogens with one attached hydrogen (secondary N) is 1. The second kappa shape index (κ2) is 3.31. The molecule has 1 aromatic carbocycles. The van der Waals surface area contributed by atoms with E-state index in [-0.39, 0.29) is 5.75 Å². The molecule has 0 bridgehead atoms. The Balaban J connectivity index is 2.29. The molecule has 0 fully saturated rings. The lowest BCUT2D eigenvalue weighted by Crippen LogP contribution is -2.41. The molecule has 4 nitrogen and oxygen atoms in total. The van der Waals surface area contributed by atoms with Crippen molar-refractivity contribution in [3.05, 3.63) is 29.3 Å². The maximum Gasteiger partial charge on any atom is 0.321 e. The molecule has 2 rings (SSSR count). The highest BCUT2D eigenvalue weighted by atomic mass is 16.4. The van der Waals surface area contributed by atoms with Crippen LogP contribution in [0.15, 0.2) is 18.2 Å². The second-order valence-corrected chi connectivity index (χ2v) is 3.43. The van der Waals surface area contributed by atoms with E-state index in [0.717, 1.165) is 11.1 Å². The zero-order valence-electron chi connectivity index (χ0n) is 7.53. The molecule has 0 unspecified atom stereocenters. The Labute approximate surface area is 81.2 Å². The monoisotopic (exact) mass is 193 g/mol. The van der Waals surface area contributed by atoms with Crippen molar-refractivity contribution in [2.24, 2.45) is 0 Å². The molecule has 0 spiro atoms. The van der Waals surface area contributed by atoms with Gasteiger partial charge in [0.2, 0.25) is 0 Å². The predicted molar refractivity (Wildman–Crippen MR) is 50.1 cm³/mol. The Morgan fingerprint density at radius 2 is 2.21 bits per heavy atom. The third-order valence-electron chi connectivity index (χ3n) is 2.45. The summed E-state index contributed by atoms with van der Waals surface area (Å²) in [6.07, 6.45) is 0.430. The summed E-state index contributed by atoms with van der Waals surface area (Å²) in [7, 11) is 0. The maximum absolute atomic E-state index is 10.7. The molecule has 1 heterocycles. The summed E-state index contributed by atoms with van der Waals surface area (Å²) < 4.78 is 0. The number of fused-ring (bicyclic) bond motifs is 1. The number of carbonyl (C=O) groups is 1. The van der Waals surface area contributed by atoms with E-state index < -0.39 is 12.0 Å². The van der Waals surface area contributed by atoms with Gasteiger partial charge in [0, 0.05) is 6.54 Å². The van der Waals surface area contributed by atoms with E-state index >= 15 is 0 Å². The lowest BCUT2D eigenvalue weighted by atomic mass is 9.96. The Morgan fingerprint density at radius 1 is 1.43 bits per heavy atom. The van der Waals surface area contributed by atoms with Crippen LogP contribution in [0.3, 0.4) is 0 Å². The minimum Gasteiger partial charge on any atom is -0.508 e. The van der Waals surface area contributed by atoms with Gasteiger partial charge in [0.15, 0.2) is 0 Å². The van der Waals surface area contributed by atoms with Crippen molar-refractivity contribution in [3.63, 3.8) is 0 Å². The Kier molecular flexibility index (Phi) is 2.13. The summed E-state index contributed by atoms with van der Waals surface area (Å²) in [5.41, 5.74) is 1.97. The van der Waals surface area contributed by atoms with Gasteiger partial charge in [0.25, 0.3) is 0 Å². The second-order valence-electron chi connectivity index (χ2n) is 3.43. The first kappa shape index (κ1) is 9.02. The molecule has 3 N–H and O–H groups in total. The fourth-order valence-electron chi connectivity index (χ4n) is 1.67. The molecule has 0 saturated heterocycles. The van der Waals surface area contributed by atoms with Crippen molar-refractivity contribution in [3.8, 4) is 5.75 Å². The Hall–Kier alpha value is -1.55. The van der Waals surface area contributed by atoms with Gasteiger partial charge in [-0.25, -0.2) is 0 Å². The standard InChI is InChI=1S/C10H11NO3/c12-8-2-1-6-5-11-9(10(13)14)4-7(6)3-8/h1-3,9,11-12H,4-5H2,(H,13,14)/t9-/m0/s1. The first-order valence-electron chi connectivity index (χ1n) is 4.44. The molecule has 1 aliphatic heterocycles. The molecular formula is C10H11NO3. The first-order chi connectivity index (χ1) is 6.66. The van der Waals surface area contributed by atoms with Crippen molar-refractivity contribution in [1.82, 2.24) is 5.32 Å². The fraction of sp³-hybridized carbons (Fsp3) is 0.300. The molecule has 1 aliphatic rings. The third-order valence-corrected chi connectivity index (χ3v) is 2.45. The lowest BCUT2D eigenvalue weighted by Gasteiger charge is -2.22. The van der Waals surface area contributed by atoms with E-state index in [1.54, 1.807) is 12.1 Å². The lowest BCUT2D eigenvalue weighted by molar-refractivity contribution is -0.139. The van der Waals surface area contributed by atoms with Gasteiger partial charge < -0.3 is 15.5 Å². The van der Waals surface area contributed by atoms with Crippen molar-refractivity contribution < 1.29 is 15.0 Å². The van der Waals surface area contributed by atoms with Crippen LogP contribution < -0.4 is 5.32 Å². The molecule has 1 aromatic rings. The van der Waals surface area contributed by atoms with E-state index in [4.69, 9.17) is 5.11 Å². The summed E-state index contributed by atoms with van der Waals surface area (Å²) in [4.78, 5) is 10.7. The highest BCUT2D eigenvalue weighted by Gasteiger charge is 2.23. The van der Waals surface area contributed by atoms with Crippen LogP contribution in [-0.4, -0.2) is 22.2 Å². The number of aromatic hydroxyl groups is 1. The normalized spacial score (nSPS) is 20.1. The smallest absolute Gasteiger partial charge is 0.321 e. The van der Waals surface area contributed by atoms with E-state index in [1.807, 2.05) is 6.07 Å². The van der Waals surface area contributed by atoms with Gasteiger partial charge >= 0.3 is 5.97 Å². The predicted octanol–water partition coefficient (Wildman–Crippen LogP) is 0.491. The number of phenolic OH excluding ortho intramolecular Hbond substituents is 1. The quantitative estimate of drug-likeness (QED) is 0.607. The maximum atomic E-state index is 10.7. The zero-order valence-corrected chi connectivity index (χ0v) is 7.53. The molecule has 0 aliphatic carbocycles.